The van der Waals surface area contributed by atoms with E-state index < -0.39 is 24.0 Å². The van der Waals surface area contributed by atoms with Crippen LogP contribution in [-0.2, 0) is 14.3 Å². The van der Waals surface area contributed by atoms with Gasteiger partial charge in [-0.2, -0.15) is 0 Å². The number of phenolic OH excluding ortho intramolecular Hbond substituents is 1. The van der Waals surface area contributed by atoms with E-state index in [0.717, 1.165) is 6.08 Å². The van der Waals surface area contributed by atoms with Gasteiger partial charge in [-0.15, -0.1) is 0 Å². The monoisotopic (exact) mass is 384 g/mol. The van der Waals surface area contributed by atoms with Gasteiger partial charge in [0.25, 0.3) is 5.91 Å². The number of carbonyl (C=O) groups excluding carboxylic acids is 3. The maximum Gasteiger partial charge on any atom is 0.331 e. The van der Waals surface area contributed by atoms with Crippen molar-refractivity contribution in [3.63, 3.8) is 0 Å². The summed E-state index contributed by atoms with van der Waals surface area (Å²) in [6, 6.07) is 12.1. The number of urea groups is 1. The molecule has 0 aromatic heterocycles. The molecule has 0 radical (unpaired) electrons. The maximum atomic E-state index is 12.3. The second-order valence-electron chi connectivity index (χ2n) is 5.56. The maximum absolute atomic E-state index is 12.3. The summed E-state index contributed by atoms with van der Waals surface area (Å²) in [5, 5.41) is 13.9. The Bertz CT molecular complexity index is 880. The van der Waals surface area contributed by atoms with Gasteiger partial charge in [-0.3, -0.25) is 10.1 Å². The summed E-state index contributed by atoms with van der Waals surface area (Å²) < 4.78 is 10.3. The number of methoxy groups -OCH3 is 1. The number of hydrogen-bond acceptors (Lipinski definition) is 6. The van der Waals surface area contributed by atoms with Crippen LogP contribution in [0.25, 0.3) is 6.08 Å². The van der Waals surface area contributed by atoms with Crippen molar-refractivity contribution in [3.05, 3.63) is 65.7 Å². The van der Waals surface area contributed by atoms with E-state index in [2.05, 4.69) is 10.6 Å². The highest BCUT2D eigenvalue weighted by atomic mass is 16.5. The van der Waals surface area contributed by atoms with Crippen LogP contribution in [0.1, 0.15) is 17.2 Å². The molecule has 0 saturated carbocycles. The van der Waals surface area contributed by atoms with Gasteiger partial charge in [-0.1, -0.05) is 36.4 Å². The molecule has 0 heterocycles. The van der Waals surface area contributed by atoms with Gasteiger partial charge in [-0.25, -0.2) is 9.59 Å². The van der Waals surface area contributed by atoms with Gasteiger partial charge in [0, 0.05) is 18.7 Å². The van der Waals surface area contributed by atoms with Crippen molar-refractivity contribution in [3.8, 4) is 11.5 Å². The molecule has 0 aliphatic carbocycles. The Balaban J connectivity index is 2.15. The number of carbonyl (C=O) groups is 3. The van der Waals surface area contributed by atoms with E-state index in [4.69, 9.17) is 9.47 Å². The van der Waals surface area contributed by atoms with Gasteiger partial charge in [0.1, 0.15) is 0 Å². The summed E-state index contributed by atoms with van der Waals surface area (Å²) in [7, 11) is 2.77. The van der Waals surface area contributed by atoms with Crippen molar-refractivity contribution in [1.29, 1.82) is 0 Å². The van der Waals surface area contributed by atoms with Crippen LogP contribution in [0.5, 0.6) is 11.5 Å². The van der Waals surface area contributed by atoms with Crippen LogP contribution in [-0.4, -0.2) is 37.2 Å². The molecule has 146 valence electrons. The first-order chi connectivity index (χ1) is 13.4. The Morgan fingerprint density at radius 2 is 1.82 bits per heavy atom. The van der Waals surface area contributed by atoms with E-state index in [1.807, 2.05) is 0 Å². The lowest BCUT2D eigenvalue weighted by Gasteiger charge is -2.16. The molecule has 3 N–H and O–H groups in total. The first kappa shape index (κ1) is 20.5. The quantitative estimate of drug-likeness (QED) is 0.519. The summed E-state index contributed by atoms with van der Waals surface area (Å²) >= 11 is 0. The minimum Gasteiger partial charge on any atom is -0.504 e. The number of imide groups is 1. The molecule has 0 aliphatic rings. The number of amides is 3. The van der Waals surface area contributed by atoms with Crippen LogP contribution in [0.2, 0.25) is 0 Å². The molecule has 0 saturated heterocycles. The molecule has 8 heteroatoms. The van der Waals surface area contributed by atoms with Gasteiger partial charge >= 0.3 is 12.0 Å². The lowest BCUT2D eigenvalue weighted by molar-refractivity contribution is -0.151. The third-order valence-electron chi connectivity index (χ3n) is 3.65. The van der Waals surface area contributed by atoms with Crippen LogP contribution in [0, 0.1) is 0 Å². The summed E-state index contributed by atoms with van der Waals surface area (Å²) in [6.07, 6.45) is 1.28. The Kier molecular flexibility index (Phi) is 7.15. The molecule has 1 atom stereocenters. The van der Waals surface area contributed by atoms with Gasteiger partial charge in [0.2, 0.25) is 6.10 Å². The molecule has 0 aliphatic heterocycles. The fraction of sp³-hybridized carbons (Fsp3) is 0.150. The first-order valence-corrected chi connectivity index (χ1v) is 8.27. The first-order valence-electron chi connectivity index (χ1n) is 8.27. The van der Waals surface area contributed by atoms with Crippen molar-refractivity contribution in [2.75, 3.05) is 14.2 Å². The highest BCUT2D eigenvalue weighted by Crippen LogP contribution is 2.26. The Morgan fingerprint density at radius 3 is 2.46 bits per heavy atom. The molecule has 0 spiro atoms. The van der Waals surface area contributed by atoms with Crippen molar-refractivity contribution in [2.24, 2.45) is 0 Å². The molecule has 2 aromatic rings. The fourth-order valence-electron chi connectivity index (χ4n) is 2.26. The third kappa shape index (κ3) is 5.60. The largest absolute Gasteiger partial charge is 0.504 e. The summed E-state index contributed by atoms with van der Waals surface area (Å²) in [5.74, 6) is -1.34. The predicted octanol–water partition coefficient (Wildman–Crippen LogP) is 2.15. The van der Waals surface area contributed by atoms with Gasteiger partial charge in [0.15, 0.2) is 11.5 Å². The summed E-state index contributed by atoms with van der Waals surface area (Å²) in [4.78, 5) is 35.9. The zero-order chi connectivity index (χ0) is 20.5. The van der Waals surface area contributed by atoms with Crippen LogP contribution < -0.4 is 15.4 Å². The summed E-state index contributed by atoms with van der Waals surface area (Å²) in [5.41, 5.74) is 0.995. The number of hydrogen-bond donors (Lipinski definition) is 3. The smallest absolute Gasteiger partial charge is 0.331 e. The average molecular weight is 384 g/mol. The number of nitrogens with one attached hydrogen (secondary N) is 2. The van der Waals surface area contributed by atoms with E-state index in [-0.39, 0.29) is 11.5 Å². The number of rotatable bonds is 6. The van der Waals surface area contributed by atoms with E-state index in [1.165, 1.54) is 32.4 Å². The second-order valence-corrected chi connectivity index (χ2v) is 5.56. The SMILES string of the molecule is CNC(=O)NC(=O)[C@H](OC(=O)/C=C/c1ccc(O)c(OC)c1)c1ccccc1. The topological polar surface area (TPSA) is 114 Å². The van der Waals surface area contributed by atoms with Crippen molar-refractivity contribution in [2.45, 2.75) is 6.10 Å². The molecule has 0 bridgehead atoms. The second kappa shape index (κ2) is 9.77. The van der Waals surface area contributed by atoms with Crippen LogP contribution >= 0.6 is 0 Å². The normalized spacial score (nSPS) is 11.5. The van der Waals surface area contributed by atoms with Crippen LogP contribution in [0.3, 0.4) is 0 Å². The average Bonchev–Trinajstić information content (AvgIpc) is 2.71. The van der Waals surface area contributed by atoms with Crippen LogP contribution in [0.4, 0.5) is 4.79 Å². The lowest BCUT2D eigenvalue weighted by Crippen LogP contribution is -2.41. The number of esters is 1. The minimum atomic E-state index is -1.30. The van der Waals surface area contributed by atoms with Gasteiger partial charge in [0.05, 0.1) is 7.11 Å². The summed E-state index contributed by atoms with van der Waals surface area (Å²) in [6.45, 7) is 0. The molecular formula is C20H20N2O6. The molecular weight excluding hydrogens is 364 g/mol. The zero-order valence-corrected chi connectivity index (χ0v) is 15.3. The fourth-order valence-corrected chi connectivity index (χ4v) is 2.26. The Morgan fingerprint density at radius 1 is 1.11 bits per heavy atom. The molecule has 0 fully saturated rings. The number of benzene rings is 2. The zero-order valence-electron chi connectivity index (χ0n) is 15.3. The van der Waals surface area contributed by atoms with E-state index in [9.17, 15) is 19.5 Å². The molecule has 3 amide bonds. The standard InChI is InChI=1S/C20H20N2O6/c1-21-20(26)22-19(25)18(14-6-4-3-5-7-14)28-17(24)11-9-13-8-10-15(23)16(12-13)27-2/h3-12,18,23H,1-2H3,(H2,21,22,25,26)/b11-9+/t18-/m1/s1. The third-order valence-corrected chi connectivity index (χ3v) is 3.65. The highest BCUT2D eigenvalue weighted by molar-refractivity contribution is 5.98. The predicted molar refractivity (Wildman–Crippen MR) is 102 cm³/mol. The number of aromatic hydroxyl groups is 1. The lowest BCUT2D eigenvalue weighted by atomic mass is 10.1. The minimum absolute atomic E-state index is 0.0303. The van der Waals surface area contributed by atoms with Crippen LogP contribution in [0.15, 0.2) is 54.6 Å². The Hall–Kier alpha value is -3.81. The number of phenols is 1. The molecule has 0 unspecified atom stereocenters. The van der Waals surface area contributed by atoms with E-state index >= 15 is 0 Å². The molecule has 2 rings (SSSR count). The highest BCUT2D eigenvalue weighted by Gasteiger charge is 2.25. The molecule has 28 heavy (non-hydrogen) atoms. The van der Waals surface area contributed by atoms with Gasteiger partial charge < -0.3 is 19.9 Å². The van der Waals surface area contributed by atoms with E-state index in [0.29, 0.717) is 11.1 Å². The van der Waals surface area contributed by atoms with Crippen molar-refractivity contribution < 1.29 is 29.0 Å². The molecule has 8 nitrogen and oxygen atoms in total. The van der Waals surface area contributed by atoms with Gasteiger partial charge in [-0.05, 0) is 23.8 Å². The Labute approximate surface area is 161 Å². The van der Waals surface area contributed by atoms with Crippen molar-refractivity contribution >= 4 is 24.0 Å². The number of ether oxygens (including phenoxy) is 2. The van der Waals surface area contributed by atoms with E-state index in [1.54, 1.807) is 36.4 Å². The van der Waals surface area contributed by atoms with Crippen molar-refractivity contribution in [1.82, 2.24) is 10.6 Å². The molecule has 2 aromatic carbocycles.